The summed E-state index contributed by atoms with van der Waals surface area (Å²) < 4.78 is 94.5. The zero-order valence-electron chi connectivity index (χ0n) is 40.7. The number of benzene rings is 5. The first kappa shape index (κ1) is 26.2. The molecule has 8 aromatic rings. The number of nitrogens with zero attached hydrogens (tertiary/aromatic N) is 3. The Morgan fingerprint density at radius 1 is 0.741 bits per heavy atom. The minimum atomic E-state index is -2.57. The number of nitriles is 1. The summed E-state index contributed by atoms with van der Waals surface area (Å²) in [5.74, 6) is 0. The number of aromatic nitrogens is 2. The molecule has 0 spiro atoms. The van der Waals surface area contributed by atoms with Gasteiger partial charge >= 0.3 is 0 Å². The Morgan fingerprint density at radius 3 is 2.26 bits per heavy atom. The van der Waals surface area contributed by atoms with Crippen molar-refractivity contribution >= 4 is 21.9 Å². The minimum Gasteiger partial charge on any atom is -0.501 e. The van der Waals surface area contributed by atoms with E-state index in [4.69, 9.17) is 19.5 Å². The molecule has 8 rings (SSSR count). The van der Waals surface area contributed by atoms with Crippen molar-refractivity contribution in [2.24, 2.45) is 5.41 Å². The largest absolute Gasteiger partial charge is 0.501 e. The van der Waals surface area contributed by atoms with E-state index in [0.717, 1.165) is 16.3 Å². The van der Waals surface area contributed by atoms with E-state index in [0.29, 0.717) is 44.8 Å². The third-order valence-corrected chi connectivity index (χ3v) is 8.53. The molecule has 0 aliphatic heterocycles. The minimum absolute atomic E-state index is 0. The summed E-state index contributed by atoms with van der Waals surface area (Å²) >= 11 is 0. The van der Waals surface area contributed by atoms with Crippen LogP contribution in [0.2, 0.25) is 0 Å². The van der Waals surface area contributed by atoms with Gasteiger partial charge in [0.05, 0.1) is 17.2 Å². The molecule has 0 N–H and O–H groups in total. The van der Waals surface area contributed by atoms with Crippen LogP contribution in [0.4, 0.5) is 0 Å². The van der Waals surface area contributed by atoms with Crippen LogP contribution in [0.3, 0.4) is 0 Å². The van der Waals surface area contributed by atoms with Gasteiger partial charge in [-0.05, 0) is 88.5 Å². The third kappa shape index (κ3) is 8.27. The second kappa shape index (κ2) is 16.1. The Kier molecular flexibility index (Phi) is 7.83. The van der Waals surface area contributed by atoms with Crippen LogP contribution in [0.5, 0.6) is 0 Å². The average Bonchev–Trinajstić information content (AvgIpc) is 3.64. The molecule has 0 bridgehead atoms. The van der Waals surface area contributed by atoms with Crippen LogP contribution in [0.25, 0.3) is 66.7 Å². The van der Waals surface area contributed by atoms with Crippen molar-refractivity contribution < 1.29 is 39.6 Å². The van der Waals surface area contributed by atoms with Crippen LogP contribution in [0.1, 0.15) is 63.7 Å². The van der Waals surface area contributed by atoms with Crippen molar-refractivity contribution in [2.75, 3.05) is 0 Å². The predicted octanol–water partition coefficient (Wildman–Crippen LogP) is 12.7. The topological polar surface area (TPSA) is 62.7 Å². The predicted molar refractivity (Wildman–Crippen MR) is 217 cm³/mol. The fraction of sp³-hybridized carbons (Fsp3) is 0.163. The number of para-hydroxylation sites is 1. The van der Waals surface area contributed by atoms with Crippen LogP contribution in [0.15, 0.2) is 132 Å². The van der Waals surface area contributed by atoms with Crippen molar-refractivity contribution in [3.63, 3.8) is 0 Å². The van der Waals surface area contributed by atoms with Gasteiger partial charge in [0.2, 0.25) is 0 Å². The smallest absolute Gasteiger partial charge is 0.120 e. The molecule has 1 radical (unpaired) electrons. The quantitative estimate of drug-likeness (QED) is 0.162. The monoisotopic (exact) mass is 891 g/mol. The van der Waals surface area contributed by atoms with Crippen LogP contribution in [0, 0.1) is 49.4 Å². The van der Waals surface area contributed by atoms with Gasteiger partial charge in [0.25, 0.3) is 0 Å². The van der Waals surface area contributed by atoms with E-state index < -0.39 is 32.3 Å². The number of hydrogen-bond donors (Lipinski definition) is 0. The van der Waals surface area contributed by atoms with Gasteiger partial charge in [0, 0.05) is 53.0 Å². The van der Waals surface area contributed by atoms with E-state index >= 15 is 0 Å². The summed E-state index contributed by atoms with van der Waals surface area (Å²) in [6.07, 6.45) is 1.27. The summed E-state index contributed by atoms with van der Waals surface area (Å²) in [6, 6.07) is 41.3. The number of hydrogen-bond acceptors (Lipinski definition) is 4. The van der Waals surface area contributed by atoms with Gasteiger partial charge < -0.3 is 14.4 Å². The van der Waals surface area contributed by atoms with Gasteiger partial charge in [-0.3, -0.25) is 0 Å². The molecule has 5 heteroatoms. The van der Waals surface area contributed by atoms with Crippen molar-refractivity contribution in [3.8, 4) is 50.8 Å². The maximum absolute atomic E-state index is 9.28. The number of rotatable bonds is 5. The van der Waals surface area contributed by atoms with Crippen molar-refractivity contribution in [1.82, 2.24) is 9.97 Å². The average molecular weight is 891 g/mol. The molecule has 0 saturated carbocycles. The van der Waals surface area contributed by atoms with Gasteiger partial charge in [-0.1, -0.05) is 117 Å². The van der Waals surface area contributed by atoms with Crippen molar-refractivity contribution in [3.05, 3.63) is 168 Å². The van der Waals surface area contributed by atoms with E-state index in [-0.39, 0.29) is 53.5 Å². The molecule has 0 amide bonds. The second-order valence-corrected chi connectivity index (χ2v) is 13.5. The first-order valence-electron chi connectivity index (χ1n) is 22.5. The van der Waals surface area contributed by atoms with E-state index in [9.17, 15) is 5.26 Å². The fourth-order valence-corrected chi connectivity index (χ4v) is 6.10. The van der Waals surface area contributed by atoms with Crippen LogP contribution in [-0.4, -0.2) is 9.97 Å². The molecule has 0 aliphatic rings. The number of pyridine rings is 2. The Hall–Kier alpha value is -5.66. The molecule has 5 aromatic carbocycles. The van der Waals surface area contributed by atoms with Crippen molar-refractivity contribution in [2.45, 2.75) is 47.7 Å². The zero-order valence-corrected chi connectivity index (χ0v) is 32.1. The molecule has 0 aliphatic carbocycles. The molecule has 3 heterocycles. The summed E-state index contributed by atoms with van der Waals surface area (Å²) in [6.45, 7) is -1.80. The number of fused-ring (bicyclic) bond motifs is 3. The first-order valence-corrected chi connectivity index (χ1v) is 17.0. The third-order valence-electron chi connectivity index (χ3n) is 8.53. The van der Waals surface area contributed by atoms with Crippen molar-refractivity contribution in [1.29, 1.82) is 5.26 Å². The maximum Gasteiger partial charge on any atom is 0.120 e. The molecule has 0 fully saturated rings. The maximum atomic E-state index is 9.28. The first-order chi connectivity index (χ1) is 30.0. The van der Waals surface area contributed by atoms with E-state index in [1.54, 1.807) is 36.5 Å². The summed E-state index contributed by atoms with van der Waals surface area (Å²) in [5.41, 5.74) is 5.45. The van der Waals surface area contributed by atoms with E-state index in [1.165, 1.54) is 30.5 Å². The van der Waals surface area contributed by atoms with E-state index in [1.807, 2.05) is 87.5 Å². The van der Waals surface area contributed by atoms with Crippen LogP contribution in [-0.2, 0) is 26.5 Å². The Morgan fingerprint density at radius 2 is 1.52 bits per heavy atom. The Labute approximate surface area is 347 Å². The van der Waals surface area contributed by atoms with Gasteiger partial charge in [-0.15, -0.1) is 47.5 Å². The molecule has 4 nitrogen and oxygen atoms in total. The normalized spacial score (nSPS) is 15.0. The molecule has 54 heavy (non-hydrogen) atoms. The summed E-state index contributed by atoms with van der Waals surface area (Å²) in [7, 11) is 0. The summed E-state index contributed by atoms with van der Waals surface area (Å²) in [4.78, 5) is 8.85. The van der Waals surface area contributed by atoms with Gasteiger partial charge in [0.15, 0.2) is 0 Å². The van der Waals surface area contributed by atoms with Gasteiger partial charge in [-0.2, -0.15) is 5.26 Å². The fourth-order valence-electron chi connectivity index (χ4n) is 6.10. The van der Waals surface area contributed by atoms with Gasteiger partial charge in [-0.25, -0.2) is 0 Å². The number of aryl methyl sites for hydroxylation is 3. The molecule has 0 unspecified atom stereocenters. The molecule has 3 aromatic heterocycles. The molecular weight excluding hydrogens is 839 g/mol. The second-order valence-electron chi connectivity index (χ2n) is 13.5. The standard InChI is InChI=1S/C26H17N2O.C23H24N.Ir/c1-16-12-18(14-27)10-11-19(16)23-13-24(28-15-17(23)2)22-8-5-7-21-20-6-3-4-9-25(20)29-26(21)22;1-17-10-12-20(14-21(17)19-8-6-5-7-9-19)22-13-11-18(16-24-22)15-23(2,3)4;/h3-7,9-13,15H,1-2H3;5-11,13-14,16H,15H2,1-4H3;/q2*-1;/i1D3,2D3;1D3,15D2;. The van der Waals surface area contributed by atoms with Crippen LogP contribution >= 0.6 is 0 Å². The SMILES string of the molecule is [2H]C([2H])([2H])c1c[c-]c(-c2ccc(C([2H])([2H])C(C)(C)C)cn2)cc1-c1ccccc1.[2H]C([2H])([2H])c1cnc(-c2[c-]ccc3c2oc2ccccc23)cc1-c1ccc(C#N)cc1C([2H])([2H])[2H].[Ir]. The molecule has 0 saturated heterocycles. The molecule has 269 valence electrons. The molecular formula is C49H41IrN3O-2. The van der Waals surface area contributed by atoms with Gasteiger partial charge in [0.1, 0.15) is 5.58 Å². The summed E-state index contributed by atoms with van der Waals surface area (Å²) in [5, 5.41) is 11.1. The Bertz CT molecular complexity index is 3040. The molecule has 0 atom stereocenters. The van der Waals surface area contributed by atoms with E-state index in [2.05, 4.69) is 22.1 Å². The zero-order chi connectivity index (χ0) is 46.4. The Balaban J connectivity index is 0.000000216. The number of furan rings is 1. The van der Waals surface area contributed by atoms with Crippen LogP contribution < -0.4 is 0 Å².